The van der Waals surface area contributed by atoms with Gasteiger partial charge >= 0.3 is 5.97 Å². The van der Waals surface area contributed by atoms with Crippen LogP contribution in [0.1, 0.15) is 56.7 Å². The largest absolute Gasteiger partial charge is 0.454 e. The molecule has 0 fully saturated rings. The number of pyridine rings is 1. The monoisotopic (exact) mass is 534 g/mol. The Morgan fingerprint density at radius 3 is 2.58 bits per heavy atom. The first-order valence-corrected chi connectivity index (χ1v) is 13.4. The molecule has 0 radical (unpaired) electrons. The van der Waals surface area contributed by atoms with Crippen molar-refractivity contribution in [1.82, 2.24) is 4.98 Å². The van der Waals surface area contributed by atoms with Crippen molar-refractivity contribution in [3.05, 3.63) is 93.7 Å². The Morgan fingerprint density at radius 1 is 0.975 bits per heavy atom. The normalized spacial score (nSPS) is 14.7. The fourth-order valence-electron chi connectivity index (χ4n) is 5.67. The summed E-state index contributed by atoms with van der Waals surface area (Å²) in [5, 5.41) is 3.63. The van der Waals surface area contributed by atoms with Crippen LogP contribution in [-0.2, 0) is 16.0 Å². The molecule has 202 valence electrons. The zero-order chi connectivity index (χ0) is 27.8. The summed E-state index contributed by atoms with van der Waals surface area (Å²) >= 11 is 0. The van der Waals surface area contributed by atoms with Gasteiger partial charge in [0.15, 0.2) is 18.1 Å². The summed E-state index contributed by atoms with van der Waals surface area (Å²) in [4.78, 5) is 31.4. The first kappa shape index (κ1) is 25.6. The first-order chi connectivity index (χ1) is 19.4. The van der Waals surface area contributed by atoms with Gasteiger partial charge in [-0.3, -0.25) is 4.79 Å². The van der Waals surface area contributed by atoms with E-state index in [1.807, 2.05) is 75.4 Å². The lowest BCUT2D eigenvalue weighted by Gasteiger charge is -2.22. The first-order valence-electron chi connectivity index (χ1n) is 13.4. The van der Waals surface area contributed by atoms with Gasteiger partial charge in [-0.1, -0.05) is 42.0 Å². The Bertz CT molecular complexity index is 1680. The third-order valence-electron chi connectivity index (χ3n) is 7.39. The van der Waals surface area contributed by atoms with E-state index < -0.39 is 5.97 Å². The molecule has 1 aliphatic carbocycles. The molecular weight excluding hydrogens is 504 g/mol. The summed E-state index contributed by atoms with van der Waals surface area (Å²) in [7, 11) is 0. The smallest absolute Gasteiger partial charge is 0.339 e. The van der Waals surface area contributed by atoms with E-state index in [1.165, 1.54) is 0 Å². The second-order valence-corrected chi connectivity index (χ2v) is 10.4. The van der Waals surface area contributed by atoms with Gasteiger partial charge in [0.05, 0.1) is 16.8 Å². The van der Waals surface area contributed by atoms with Gasteiger partial charge in [-0.25, -0.2) is 9.78 Å². The molecule has 1 amide bonds. The topological polar surface area (TPSA) is 86.8 Å². The molecule has 7 nitrogen and oxygen atoms in total. The summed E-state index contributed by atoms with van der Waals surface area (Å²) < 4.78 is 16.6. The van der Waals surface area contributed by atoms with Gasteiger partial charge in [0.2, 0.25) is 6.79 Å². The van der Waals surface area contributed by atoms with E-state index in [0.29, 0.717) is 17.5 Å². The molecule has 2 heterocycles. The van der Waals surface area contributed by atoms with Gasteiger partial charge in [0.25, 0.3) is 5.91 Å². The number of aromatic nitrogens is 1. The van der Waals surface area contributed by atoms with Crippen molar-refractivity contribution in [2.75, 3.05) is 18.7 Å². The van der Waals surface area contributed by atoms with E-state index in [4.69, 9.17) is 19.2 Å². The molecule has 1 aliphatic heterocycles. The molecule has 0 saturated carbocycles. The fraction of sp³-hybridized carbons (Fsp3) is 0.242. The number of amides is 1. The Labute approximate surface area is 232 Å². The molecule has 7 heteroatoms. The van der Waals surface area contributed by atoms with Crippen LogP contribution < -0.4 is 14.8 Å². The van der Waals surface area contributed by atoms with Gasteiger partial charge in [-0.05, 0) is 92.1 Å². The second kappa shape index (κ2) is 10.5. The molecule has 0 bridgehead atoms. The van der Waals surface area contributed by atoms with Crippen LogP contribution in [0.25, 0.3) is 22.6 Å². The Kier molecular flexibility index (Phi) is 6.72. The van der Waals surface area contributed by atoms with Gasteiger partial charge in [-0.2, -0.15) is 0 Å². The zero-order valence-electron chi connectivity index (χ0n) is 22.8. The third-order valence-corrected chi connectivity index (χ3v) is 7.39. The number of ether oxygens (including phenoxy) is 3. The van der Waals surface area contributed by atoms with E-state index >= 15 is 0 Å². The van der Waals surface area contributed by atoms with Crippen LogP contribution in [0.15, 0.2) is 54.6 Å². The molecule has 1 aromatic heterocycles. The van der Waals surface area contributed by atoms with Crippen LogP contribution in [0.5, 0.6) is 11.5 Å². The van der Waals surface area contributed by atoms with Crippen LogP contribution in [0.4, 0.5) is 5.69 Å². The highest BCUT2D eigenvalue weighted by atomic mass is 16.7. The number of carbonyl (C=O) groups is 2. The Hall–Kier alpha value is -4.65. The fourth-order valence-corrected chi connectivity index (χ4v) is 5.67. The van der Waals surface area contributed by atoms with Crippen molar-refractivity contribution in [3.8, 4) is 11.5 Å². The molecule has 6 rings (SSSR count). The van der Waals surface area contributed by atoms with Crippen molar-refractivity contribution in [2.45, 2.75) is 40.0 Å². The minimum Gasteiger partial charge on any atom is -0.454 e. The summed E-state index contributed by atoms with van der Waals surface area (Å²) in [5.41, 5.74) is 8.66. The number of rotatable bonds is 5. The number of fused-ring (bicyclic) bond motifs is 3. The number of nitrogens with one attached hydrogen (secondary N) is 1. The second-order valence-electron chi connectivity index (χ2n) is 10.4. The maximum atomic E-state index is 13.6. The highest BCUT2D eigenvalue weighted by Crippen LogP contribution is 2.38. The van der Waals surface area contributed by atoms with E-state index in [0.717, 1.165) is 74.5 Å². The van der Waals surface area contributed by atoms with E-state index in [-0.39, 0.29) is 19.3 Å². The predicted molar refractivity (Wildman–Crippen MR) is 155 cm³/mol. The van der Waals surface area contributed by atoms with Crippen LogP contribution >= 0.6 is 0 Å². The number of para-hydroxylation sites is 1. The number of allylic oxidation sites excluding steroid dienone is 1. The standard InChI is InChI=1S/C33H30N2O5/c1-19-13-20(2)31(21(3)14-19)35-29(36)17-38-33(37)30-24-8-4-5-10-26(24)34-32-23(7-6-9-25(30)32)15-22-11-12-27-28(16-22)40-18-39-27/h4-5,8,10-16H,6-7,9,17-18H2,1-3H3,(H,35,36)/b23-15+. The van der Waals surface area contributed by atoms with Gasteiger partial charge in [0, 0.05) is 11.1 Å². The molecule has 0 atom stereocenters. The third kappa shape index (κ3) is 4.91. The molecule has 40 heavy (non-hydrogen) atoms. The summed E-state index contributed by atoms with van der Waals surface area (Å²) in [6.07, 6.45) is 4.50. The van der Waals surface area contributed by atoms with Crippen molar-refractivity contribution >= 4 is 40.1 Å². The average molecular weight is 535 g/mol. The maximum absolute atomic E-state index is 13.6. The molecule has 0 spiro atoms. The van der Waals surface area contributed by atoms with Gasteiger partial charge < -0.3 is 19.5 Å². The van der Waals surface area contributed by atoms with Gasteiger partial charge in [-0.15, -0.1) is 0 Å². The number of esters is 1. The molecule has 0 saturated heterocycles. The number of hydrogen-bond donors (Lipinski definition) is 1. The number of hydrogen-bond acceptors (Lipinski definition) is 6. The summed E-state index contributed by atoms with van der Waals surface area (Å²) in [5.74, 6) is 0.554. The molecule has 2 aliphatic rings. The van der Waals surface area contributed by atoms with Crippen LogP contribution in [0.3, 0.4) is 0 Å². The highest BCUT2D eigenvalue weighted by Gasteiger charge is 2.27. The molecule has 4 aromatic rings. The van der Waals surface area contributed by atoms with Crippen molar-refractivity contribution in [1.29, 1.82) is 0 Å². The molecular formula is C33H30N2O5. The number of nitrogens with zero attached hydrogens (tertiary/aromatic N) is 1. The summed E-state index contributed by atoms with van der Waals surface area (Å²) in [6.45, 7) is 5.76. The van der Waals surface area contributed by atoms with E-state index in [2.05, 4.69) is 11.4 Å². The Balaban J connectivity index is 1.30. The number of carbonyl (C=O) groups excluding carboxylic acids is 2. The maximum Gasteiger partial charge on any atom is 0.339 e. The SMILES string of the molecule is Cc1cc(C)c(NC(=O)COC(=O)c2c3c(nc4ccccc24)/C(=C/c2ccc4c(c2)OCO4)CCC3)c(C)c1. The lowest BCUT2D eigenvalue weighted by Crippen LogP contribution is -2.23. The average Bonchev–Trinajstić information content (AvgIpc) is 3.41. The van der Waals surface area contributed by atoms with E-state index in [9.17, 15) is 9.59 Å². The minimum absolute atomic E-state index is 0.222. The quantitative estimate of drug-likeness (QED) is 0.292. The summed E-state index contributed by atoms with van der Waals surface area (Å²) in [6, 6.07) is 17.4. The van der Waals surface area contributed by atoms with Crippen molar-refractivity contribution in [3.63, 3.8) is 0 Å². The number of benzene rings is 3. The number of anilines is 1. The van der Waals surface area contributed by atoms with Gasteiger partial charge in [0.1, 0.15) is 0 Å². The van der Waals surface area contributed by atoms with E-state index in [1.54, 1.807) is 0 Å². The predicted octanol–water partition coefficient (Wildman–Crippen LogP) is 6.56. The van der Waals surface area contributed by atoms with Crippen LogP contribution in [-0.4, -0.2) is 30.3 Å². The zero-order valence-corrected chi connectivity index (χ0v) is 22.8. The minimum atomic E-state index is -0.522. The van der Waals surface area contributed by atoms with Crippen LogP contribution in [0.2, 0.25) is 0 Å². The lowest BCUT2D eigenvalue weighted by atomic mass is 9.86. The van der Waals surface area contributed by atoms with Crippen molar-refractivity contribution < 1.29 is 23.8 Å². The lowest BCUT2D eigenvalue weighted by molar-refractivity contribution is -0.119. The number of aryl methyl sites for hydroxylation is 3. The Morgan fingerprint density at radius 2 is 1.75 bits per heavy atom. The molecule has 1 N–H and O–H groups in total. The highest BCUT2D eigenvalue weighted by molar-refractivity contribution is 6.07. The van der Waals surface area contributed by atoms with Crippen LogP contribution in [0, 0.1) is 20.8 Å². The molecule has 3 aromatic carbocycles. The molecule has 0 unspecified atom stereocenters. The van der Waals surface area contributed by atoms with Crippen molar-refractivity contribution in [2.24, 2.45) is 0 Å².